The van der Waals surface area contributed by atoms with Crippen molar-refractivity contribution >= 4 is 11.8 Å². The molecule has 0 aliphatic carbocycles. The van der Waals surface area contributed by atoms with Crippen molar-refractivity contribution < 1.29 is 9.59 Å². The molecule has 5 nitrogen and oxygen atoms in total. The molecule has 3 rings (SSSR count). The predicted molar refractivity (Wildman–Crippen MR) is 93.5 cm³/mol. The number of carbonyl (C=O) groups is 2. The quantitative estimate of drug-likeness (QED) is 0.885. The van der Waals surface area contributed by atoms with Crippen molar-refractivity contribution in [1.82, 2.24) is 15.1 Å². The van der Waals surface area contributed by atoms with Crippen LogP contribution in [0, 0.1) is 5.92 Å². The van der Waals surface area contributed by atoms with Crippen LogP contribution in [0.15, 0.2) is 30.3 Å². The van der Waals surface area contributed by atoms with Gasteiger partial charge in [-0.2, -0.15) is 0 Å². The van der Waals surface area contributed by atoms with Gasteiger partial charge < -0.3 is 10.2 Å². The van der Waals surface area contributed by atoms with E-state index in [0.29, 0.717) is 25.4 Å². The third-order valence-corrected chi connectivity index (χ3v) is 4.97. The maximum atomic E-state index is 12.8. The number of nitrogens with one attached hydrogen (secondary N) is 1. The molecular weight excluding hydrogens is 302 g/mol. The second-order valence-corrected chi connectivity index (χ2v) is 7.28. The van der Waals surface area contributed by atoms with E-state index in [4.69, 9.17) is 0 Å². The molecule has 1 aromatic carbocycles. The van der Waals surface area contributed by atoms with E-state index in [1.807, 2.05) is 30.3 Å². The number of amides is 2. The molecule has 5 heteroatoms. The van der Waals surface area contributed by atoms with Crippen LogP contribution in [0.3, 0.4) is 0 Å². The van der Waals surface area contributed by atoms with Crippen LogP contribution < -0.4 is 5.32 Å². The van der Waals surface area contributed by atoms with Crippen molar-refractivity contribution in [2.45, 2.75) is 38.8 Å². The Bertz CT molecular complexity index is 588. The van der Waals surface area contributed by atoms with E-state index < -0.39 is 6.04 Å². The van der Waals surface area contributed by atoms with Gasteiger partial charge in [0.2, 0.25) is 11.8 Å². The molecule has 2 aliphatic heterocycles. The van der Waals surface area contributed by atoms with E-state index in [2.05, 4.69) is 24.1 Å². The SMILES string of the molecule is CC(C)CCN1CCN2C(=O)[C@H](Cc3ccccc3)NC(=O)[C@H]2C1. The van der Waals surface area contributed by atoms with Gasteiger partial charge in [-0.25, -0.2) is 0 Å². The van der Waals surface area contributed by atoms with Crippen LogP contribution in [-0.4, -0.2) is 59.9 Å². The highest BCUT2D eigenvalue weighted by molar-refractivity contribution is 5.97. The lowest BCUT2D eigenvalue weighted by atomic mass is 9.98. The minimum absolute atomic E-state index is 0.00946. The second-order valence-electron chi connectivity index (χ2n) is 7.28. The van der Waals surface area contributed by atoms with Crippen LogP contribution in [0.1, 0.15) is 25.8 Å². The van der Waals surface area contributed by atoms with E-state index >= 15 is 0 Å². The molecule has 0 saturated carbocycles. The van der Waals surface area contributed by atoms with Crippen molar-refractivity contribution in [2.75, 3.05) is 26.2 Å². The number of nitrogens with zero attached hydrogens (tertiary/aromatic N) is 2. The normalized spacial score (nSPS) is 24.9. The van der Waals surface area contributed by atoms with E-state index in [1.165, 1.54) is 0 Å². The van der Waals surface area contributed by atoms with Crippen LogP contribution in [0.4, 0.5) is 0 Å². The van der Waals surface area contributed by atoms with Gasteiger partial charge in [0.15, 0.2) is 0 Å². The van der Waals surface area contributed by atoms with Crippen LogP contribution in [0.2, 0.25) is 0 Å². The predicted octanol–water partition coefficient (Wildman–Crippen LogP) is 1.29. The molecule has 1 aromatic rings. The zero-order chi connectivity index (χ0) is 17.1. The number of hydrogen-bond donors (Lipinski definition) is 1. The first-order valence-corrected chi connectivity index (χ1v) is 8.91. The highest BCUT2D eigenvalue weighted by atomic mass is 16.2. The Labute approximate surface area is 144 Å². The number of carbonyl (C=O) groups excluding carboxylic acids is 2. The van der Waals surface area contributed by atoms with Gasteiger partial charge in [0.25, 0.3) is 0 Å². The van der Waals surface area contributed by atoms with Crippen molar-refractivity contribution in [3.8, 4) is 0 Å². The number of hydrogen-bond acceptors (Lipinski definition) is 3. The van der Waals surface area contributed by atoms with Gasteiger partial charge in [0.1, 0.15) is 12.1 Å². The summed E-state index contributed by atoms with van der Waals surface area (Å²) in [6.07, 6.45) is 1.69. The van der Waals surface area contributed by atoms with E-state index in [9.17, 15) is 9.59 Å². The molecule has 2 fully saturated rings. The third kappa shape index (κ3) is 3.78. The Hall–Kier alpha value is -1.88. The maximum Gasteiger partial charge on any atom is 0.246 e. The summed E-state index contributed by atoms with van der Waals surface area (Å²) < 4.78 is 0. The van der Waals surface area contributed by atoms with Crippen molar-refractivity contribution in [3.05, 3.63) is 35.9 Å². The molecule has 2 saturated heterocycles. The Morgan fingerprint density at radius 3 is 2.62 bits per heavy atom. The maximum absolute atomic E-state index is 12.8. The molecule has 1 N–H and O–H groups in total. The van der Waals surface area contributed by atoms with Crippen molar-refractivity contribution in [1.29, 1.82) is 0 Å². The lowest BCUT2D eigenvalue weighted by Crippen LogP contribution is -2.69. The lowest BCUT2D eigenvalue weighted by Gasteiger charge is -2.45. The Kier molecular flexibility index (Phi) is 5.19. The van der Waals surface area contributed by atoms with Crippen molar-refractivity contribution in [3.63, 3.8) is 0 Å². The lowest BCUT2D eigenvalue weighted by molar-refractivity contribution is -0.152. The first-order valence-electron chi connectivity index (χ1n) is 8.91. The van der Waals surface area contributed by atoms with Crippen LogP contribution in [0.25, 0.3) is 0 Å². The van der Waals surface area contributed by atoms with Gasteiger partial charge in [-0.1, -0.05) is 44.2 Å². The number of fused-ring (bicyclic) bond motifs is 1. The van der Waals surface area contributed by atoms with Gasteiger partial charge in [-0.15, -0.1) is 0 Å². The molecule has 0 bridgehead atoms. The van der Waals surface area contributed by atoms with Gasteiger partial charge in [-0.05, 0) is 24.4 Å². The number of rotatable bonds is 5. The molecule has 0 unspecified atom stereocenters. The highest BCUT2D eigenvalue weighted by Crippen LogP contribution is 2.19. The summed E-state index contributed by atoms with van der Waals surface area (Å²) in [6.45, 7) is 7.59. The summed E-state index contributed by atoms with van der Waals surface area (Å²) in [7, 11) is 0. The molecule has 2 amide bonds. The summed E-state index contributed by atoms with van der Waals surface area (Å²) in [5.41, 5.74) is 1.07. The Morgan fingerprint density at radius 1 is 1.17 bits per heavy atom. The first kappa shape index (κ1) is 17.0. The number of piperazine rings is 2. The summed E-state index contributed by atoms with van der Waals surface area (Å²) in [6, 6.07) is 9.10. The van der Waals surface area contributed by atoms with Gasteiger partial charge in [0.05, 0.1) is 0 Å². The van der Waals surface area contributed by atoms with Crippen LogP contribution in [-0.2, 0) is 16.0 Å². The van der Waals surface area contributed by atoms with Gasteiger partial charge in [-0.3, -0.25) is 14.5 Å². The fraction of sp³-hybridized carbons (Fsp3) is 0.579. The van der Waals surface area contributed by atoms with E-state index in [0.717, 1.165) is 25.1 Å². The van der Waals surface area contributed by atoms with Crippen LogP contribution in [0.5, 0.6) is 0 Å². The molecule has 2 heterocycles. The minimum Gasteiger partial charge on any atom is -0.342 e. The van der Waals surface area contributed by atoms with E-state index in [1.54, 1.807) is 4.90 Å². The summed E-state index contributed by atoms with van der Waals surface area (Å²) in [4.78, 5) is 29.4. The zero-order valence-electron chi connectivity index (χ0n) is 14.6. The zero-order valence-corrected chi connectivity index (χ0v) is 14.6. The number of benzene rings is 1. The summed E-state index contributed by atoms with van der Waals surface area (Å²) >= 11 is 0. The molecule has 24 heavy (non-hydrogen) atoms. The first-order chi connectivity index (χ1) is 11.5. The Morgan fingerprint density at radius 2 is 1.92 bits per heavy atom. The second kappa shape index (κ2) is 7.34. The average Bonchev–Trinajstić information content (AvgIpc) is 2.58. The average molecular weight is 329 g/mol. The minimum atomic E-state index is -0.432. The van der Waals surface area contributed by atoms with Crippen LogP contribution >= 0.6 is 0 Å². The van der Waals surface area contributed by atoms with Crippen molar-refractivity contribution in [2.24, 2.45) is 5.92 Å². The third-order valence-electron chi connectivity index (χ3n) is 4.97. The van der Waals surface area contributed by atoms with E-state index in [-0.39, 0.29) is 17.9 Å². The smallest absolute Gasteiger partial charge is 0.246 e. The Balaban J connectivity index is 1.63. The monoisotopic (exact) mass is 329 g/mol. The largest absolute Gasteiger partial charge is 0.342 e. The topological polar surface area (TPSA) is 52.6 Å². The molecule has 2 aliphatic rings. The molecule has 130 valence electrons. The van der Waals surface area contributed by atoms with Gasteiger partial charge in [0, 0.05) is 26.1 Å². The molecular formula is C19H27N3O2. The highest BCUT2D eigenvalue weighted by Gasteiger charge is 2.43. The fourth-order valence-corrected chi connectivity index (χ4v) is 3.49. The standard InChI is InChI=1S/C19H27N3O2/c1-14(2)8-9-21-10-11-22-17(13-21)18(23)20-16(19(22)24)12-15-6-4-3-5-7-15/h3-7,14,16-17H,8-13H2,1-2H3,(H,20,23)/t16-,17+/m0/s1. The summed E-state index contributed by atoms with van der Waals surface area (Å²) in [5, 5.41) is 2.94. The summed E-state index contributed by atoms with van der Waals surface area (Å²) in [5.74, 6) is 0.705. The fourth-order valence-electron chi connectivity index (χ4n) is 3.49. The molecule has 0 spiro atoms. The van der Waals surface area contributed by atoms with Gasteiger partial charge >= 0.3 is 0 Å². The molecule has 2 atom stereocenters. The molecule has 0 aromatic heterocycles. The molecule has 0 radical (unpaired) electrons.